The van der Waals surface area contributed by atoms with Gasteiger partial charge >= 0.3 is 0 Å². The molecule has 0 aromatic carbocycles. The van der Waals surface area contributed by atoms with Gasteiger partial charge in [-0.3, -0.25) is 4.40 Å². The Morgan fingerprint density at radius 3 is 3.00 bits per heavy atom. The Balaban J connectivity index is 2.94. The predicted molar refractivity (Wildman–Crippen MR) is 62.1 cm³/mol. The lowest BCUT2D eigenvalue weighted by Crippen LogP contribution is -1.94. The molecule has 68 valence electrons. The highest BCUT2D eigenvalue weighted by Gasteiger charge is 2.08. The molecule has 0 aliphatic heterocycles. The molecule has 0 radical (unpaired) electrons. The third-order valence-corrected chi connectivity index (χ3v) is 2.86. The van der Waals surface area contributed by atoms with Gasteiger partial charge in [0.15, 0.2) is 5.65 Å². The molecule has 0 amide bonds. The van der Waals surface area contributed by atoms with Crippen LogP contribution in [0.2, 0.25) is 5.02 Å². The van der Waals surface area contributed by atoms with Gasteiger partial charge in [0.25, 0.3) is 0 Å². The number of nitrogens with zero attached hydrogens (tertiary/aromatic N) is 2. The Bertz CT molecular complexity index is 478. The third kappa shape index (κ3) is 1.38. The fourth-order valence-electron chi connectivity index (χ4n) is 1.20. The van der Waals surface area contributed by atoms with E-state index in [0.29, 0.717) is 10.8 Å². The Hall–Kier alpha value is -0.490. The van der Waals surface area contributed by atoms with E-state index in [9.17, 15) is 0 Å². The third-order valence-electron chi connectivity index (χ3n) is 1.86. The van der Waals surface area contributed by atoms with Crippen LogP contribution in [0.15, 0.2) is 12.3 Å². The molecule has 0 bridgehead atoms. The Morgan fingerprint density at radius 2 is 2.31 bits per heavy atom. The lowest BCUT2D eigenvalue weighted by Gasteiger charge is -1.99. The minimum absolute atomic E-state index is 0.649. The maximum atomic E-state index is 5.90. The predicted octanol–water partition coefficient (Wildman–Crippen LogP) is 2.48. The molecule has 0 spiro atoms. The highest BCUT2D eigenvalue weighted by molar-refractivity contribution is 14.1. The van der Waals surface area contributed by atoms with Crippen LogP contribution in [0.4, 0.5) is 5.82 Å². The zero-order valence-electron chi connectivity index (χ0n) is 6.88. The number of anilines is 1. The first kappa shape index (κ1) is 9.08. The van der Waals surface area contributed by atoms with E-state index in [2.05, 4.69) is 27.6 Å². The number of rotatable bonds is 0. The van der Waals surface area contributed by atoms with Crippen molar-refractivity contribution >= 4 is 45.7 Å². The Morgan fingerprint density at radius 1 is 1.62 bits per heavy atom. The highest BCUT2D eigenvalue weighted by atomic mass is 127. The molecule has 2 heterocycles. The number of hydrogen-bond acceptors (Lipinski definition) is 2. The van der Waals surface area contributed by atoms with Crippen LogP contribution >= 0.6 is 34.2 Å². The van der Waals surface area contributed by atoms with Crippen LogP contribution in [0.3, 0.4) is 0 Å². The van der Waals surface area contributed by atoms with Crippen molar-refractivity contribution in [1.82, 2.24) is 9.38 Å². The van der Waals surface area contributed by atoms with Crippen LogP contribution < -0.4 is 5.73 Å². The molecular formula is C8H7ClIN3. The van der Waals surface area contributed by atoms with Crippen LogP contribution in [-0.4, -0.2) is 9.38 Å². The number of aryl methyl sites for hydroxylation is 1. The molecule has 3 nitrogen and oxygen atoms in total. The topological polar surface area (TPSA) is 43.3 Å². The molecule has 0 fully saturated rings. The molecule has 2 rings (SSSR count). The Kier molecular flexibility index (Phi) is 2.11. The van der Waals surface area contributed by atoms with Crippen molar-refractivity contribution in [3.05, 3.63) is 26.5 Å². The molecule has 0 unspecified atom stereocenters. The standard InChI is InChI=1S/C8H7ClIN3/c1-4-7(11)13-3-5(9)2-6(10)8(13)12-4/h2-3H,11H2,1H3. The molecule has 2 aromatic heterocycles. The van der Waals surface area contributed by atoms with Gasteiger partial charge in [-0.15, -0.1) is 0 Å². The summed E-state index contributed by atoms with van der Waals surface area (Å²) >= 11 is 8.09. The van der Waals surface area contributed by atoms with E-state index >= 15 is 0 Å². The van der Waals surface area contributed by atoms with Gasteiger partial charge in [0, 0.05) is 6.20 Å². The largest absolute Gasteiger partial charge is 0.383 e. The van der Waals surface area contributed by atoms with E-state index in [1.165, 1.54) is 0 Å². The monoisotopic (exact) mass is 307 g/mol. The lowest BCUT2D eigenvalue weighted by atomic mass is 10.5. The molecule has 0 saturated carbocycles. The van der Waals surface area contributed by atoms with Crippen molar-refractivity contribution < 1.29 is 0 Å². The molecule has 2 N–H and O–H groups in total. The first-order chi connectivity index (χ1) is 6.09. The van der Waals surface area contributed by atoms with E-state index in [1.54, 1.807) is 10.6 Å². The summed E-state index contributed by atoms with van der Waals surface area (Å²) in [5.74, 6) is 0.649. The van der Waals surface area contributed by atoms with Crippen LogP contribution in [0, 0.1) is 10.5 Å². The van der Waals surface area contributed by atoms with Gasteiger partial charge in [-0.25, -0.2) is 4.98 Å². The molecule has 2 aromatic rings. The van der Waals surface area contributed by atoms with Gasteiger partial charge in [-0.05, 0) is 35.6 Å². The van der Waals surface area contributed by atoms with Gasteiger partial charge < -0.3 is 5.73 Å². The average molecular weight is 308 g/mol. The summed E-state index contributed by atoms with van der Waals surface area (Å²) in [4.78, 5) is 4.33. The fourth-order valence-corrected chi connectivity index (χ4v) is 2.31. The SMILES string of the molecule is Cc1nc2c(I)cc(Cl)cn2c1N. The number of nitrogens with two attached hydrogens (primary N) is 1. The summed E-state index contributed by atoms with van der Waals surface area (Å²) in [5, 5.41) is 0.668. The number of imidazole rings is 1. The number of aromatic nitrogens is 2. The van der Waals surface area contributed by atoms with E-state index in [0.717, 1.165) is 14.9 Å². The second-order valence-corrected chi connectivity index (χ2v) is 4.38. The molecule has 5 heteroatoms. The second kappa shape index (κ2) is 3.02. The second-order valence-electron chi connectivity index (χ2n) is 2.78. The van der Waals surface area contributed by atoms with Gasteiger partial charge in [0.1, 0.15) is 5.82 Å². The van der Waals surface area contributed by atoms with Crippen molar-refractivity contribution in [2.45, 2.75) is 6.92 Å². The van der Waals surface area contributed by atoms with Gasteiger partial charge in [0.2, 0.25) is 0 Å². The zero-order chi connectivity index (χ0) is 9.59. The van der Waals surface area contributed by atoms with E-state index in [-0.39, 0.29) is 0 Å². The number of hydrogen-bond donors (Lipinski definition) is 1. The molecule has 0 aliphatic rings. The maximum absolute atomic E-state index is 5.90. The van der Waals surface area contributed by atoms with Gasteiger partial charge in [-0.2, -0.15) is 0 Å². The van der Waals surface area contributed by atoms with E-state index < -0.39 is 0 Å². The van der Waals surface area contributed by atoms with Crippen molar-refractivity contribution in [3.8, 4) is 0 Å². The van der Waals surface area contributed by atoms with Crippen molar-refractivity contribution in [3.63, 3.8) is 0 Å². The number of pyridine rings is 1. The van der Waals surface area contributed by atoms with Crippen molar-refractivity contribution in [2.24, 2.45) is 0 Å². The summed E-state index contributed by atoms with van der Waals surface area (Å²) in [6.07, 6.45) is 1.77. The minimum atomic E-state index is 0.649. The fraction of sp³-hybridized carbons (Fsp3) is 0.125. The quantitative estimate of drug-likeness (QED) is 0.760. The summed E-state index contributed by atoms with van der Waals surface area (Å²) in [6.45, 7) is 1.88. The van der Waals surface area contributed by atoms with Crippen molar-refractivity contribution in [1.29, 1.82) is 0 Å². The normalized spacial score (nSPS) is 11.0. The molecule has 0 atom stereocenters. The van der Waals surface area contributed by atoms with Gasteiger partial charge in [-0.1, -0.05) is 11.6 Å². The zero-order valence-corrected chi connectivity index (χ0v) is 9.80. The maximum Gasteiger partial charge on any atom is 0.152 e. The smallest absolute Gasteiger partial charge is 0.152 e. The summed E-state index contributed by atoms with van der Waals surface area (Å²) < 4.78 is 2.81. The highest BCUT2D eigenvalue weighted by Crippen LogP contribution is 2.22. The lowest BCUT2D eigenvalue weighted by molar-refractivity contribution is 1.19. The summed E-state index contributed by atoms with van der Waals surface area (Å²) in [5.41, 5.74) is 7.51. The summed E-state index contributed by atoms with van der Waals surface area (Å²) in [6, 6.07) is 1.86. The first-order valence-corrected chi connectivity index (χ1v) is 5.14. The van der Waals surface area contributed by atoms with Crippen LogP contribution in [0.25, 0.3) is 5.65 Å². The molecule has 0 saturated heterocycles. The van der Waals surface area contributed by atoms with Crippen molar-refractivity contribution in [2.75, 3.05) is 5.73 Å². The molecular weight excluding hydrogens is 300 g/mol. The number of halogens is 2. The average Bonchev–Trinajstić information content (AvgIpc) is 2.32. The first-order valence-electron chi connectivity index (χ1n) is 3.69. The van der Waals surface area contributed by atoms with Gasteiger partial charge in [0.05, 0.1) is 14.3 Å². The molecule has 0 aliphatic carbocycles. The Labute approximate surface area is 94.0 Å². The van der Waals surface area contributed by atoms with Crippen LogP contribution in [-0.2, 0) is 0 Å². The number of fused-ring (bicyclic) bond motifs is 1. The van der Waals surface area contributed by atoms with E-state index in [1.807, 2.05) is 13.0 Å². The van der Waals surface area contributed by atoms with Crippen LogP contribution in [0.5, 0.6) is 0 Å². The number of nitrogen functional groups attached to an aromatic ring is 1. The minimum Gasteiger partial charge on any atom is -0.383 e. The summed E-state index contributed by atoms with van der Waals surface area (Å²) in [7, 11) is 0. The van der Waals surface area contributed by atoms with E-state index in [4.69, 9.17) is 17.3 Å². The molecule has 13 heavy (non-hydrogen) atoms. The van der Waals surface area contributed by atoms with Crippen LogP contribution in [0.1, 0.15) is 5.69 Å².